The van der Waals surface area contributed by atoms with Crippen LogP contribution in [0.4, 0.5) is 5.95 Å². The van der Waals surface area contributed by atoms with Crippen molar-refractivity contribution in [2.45, 2.75) is 13.0 Å². The summed E-state index contributed by atoms with van der Waals surface area (Å²) in [6.45, 7) is 6.10. The second kappa shape index (κ2) is 6.16. The van der Waals surface area contributed by atoms with Crippen LogP contribution in [0.3, 0.4) is 0 Å². The third kappa shape index (κ3) is 2.82. The summed E-state index contributed by atoms with van der Waals surface area (Å²) in [4.78, 5) is 13.0. The smallest absolute Gasteiger partial charge is 0.231 e. The molecule has 7 heteroatoms. The number of aromatic hydroxyl groups is 1. The zero-order chi connectivity index (χ0) is 16.5. The van der Waals surface area contributed by atoms with Crippen molar-refractivity contribution in [3.05, 3.63) is 36.2 Å². The standard InChI is InChI=1S/C17H20N4O3/c1-12(13-2-3-15-16(8-13)24-11-23-15)20-4-6-21(7-5-20)17-18-9-14(22)10-19-17/h2-3,8-10,12,22H,4-7,11H2,1H3/t12-/m0/s1. The Morgan fingerprint density at radius 2 is 1.75 bits per heavy atom. The number of nitrogens with zero attached hydrogens (tertiary/aromatic N) is 4. The molecule has 7 nitrogen and oxygen atoms in total. The summed E-state index contributed by atoms with van der Waals surface area (Å²) < 4.78 is 10.9. The van der Waals surface area contributed by atoms with Crippen molar-refractivity contribution in [1.82, 2.24) is 14.9 Å². The second-order valence-corrected chi connectivity index (χ2v) is 6.05. The lowest BCUT2D eigenvalue weighted by molar-refractivity contribution is 0.173. The first-order chi connectivity index (χ1) is 11.7. The van der Waals surface area contributed by atoms with Crippen molar-refractivity contribution in [2.75, 3.05) is 37.9 Å². The van der Waals surface area contributed by atoms with Gasteiger partial charge in [-0.25, -0.2) is 9.97 Å². The highest BCUT2D eigenvalue weighted by atomic mass is 16.7. The average molecular weight is 328 g/mol. The zero-order valence-corrected chi connectivity index (χ0v) is 13.6. The molecule has 1 fully saturated rings. The molecule has 2 aliphatic rings. The SMILES string of the molecule is C[C@@H](c1ccc2c(c1)OCO2)N1CCN(c2ncc(O)cn2)CC1. The Kier molecular flexibility index (Phi) is 3.86. The number of hydrogen-bond donors (Lipinski definition) is 1. The molecular weight excluding hydrogens is 308 g/mol. The van der Waals surface area contributed by atoms with Gasteiger partial charge < -0.3 is 19.5 Å². The molecule has 0 amide bonds. The average Bonchev–Trinajstić information content (AvgIpc) is 3.09. The lowest BCUT2D eigenvalue weighted by Crippen LogP contribution is -2.47. The summed E-state index contributed by atoms with van der Waals surface area (Å²) >= 11 is 0. The van der Waals surface area contributed by atoms with Gasteiger partial charge >= 0.3 is 0 Å². The maximum Gasteiger partial charge on any atom is 0.231 e. The molecule has 2 aliphatic heterocycles. The monoisotopic (exact) mass is 328 g/mol. The molecule has 1 atom stereocenters. The number of ether oxygens (including phenoxy) is 2. The van der Waals surface area contributed by atoms with Gasteiger partial charge in [0.05, 0.1) is 12.4 Å². The fraction of sp³-hybridized carbons (Fsp3) is 0.412. The molecule has 1 aromatic carbocycles. The molecule has 126 valence electrons. The van der Waals surface area contributed by atoms with Gasteiger partial charge in [0.2, 0.25) is 12.7 Å². The molecule has 0 bridgehead atoms. The van der Waals surface area contributed by atoms with Crippen LogP contribution in [0.1, 0.15) is 18.5 Å². The van der Waals surface area contributed by atoms with E-state index in [0.717, 1.165) is 37.7 Å². The van der Waals surface area contributed by atoms with Crippen LogP contribution in [-0.2, 0) is 0 Å². The number of anilines is 1. The van der Waals surface area contributed by atoms with E-state index < -0.39 is 0 Å². The molecule has 2 aromatic rings. The predicted molar refractivity (Wildman–Crippen MR) is 88.5 cm³/mol. The molecule has 0 unspecified atom stereocenters. The summed E-state index contributed by atoms with van der Waals surface area (Å²) in [7, 11) is 0. The van der Waals surface area contributed by atoms with Crippen LogP contribution in [0, 0.1) is 0 Å². The number of benzene rings is 1. The summed E-state index contributed by atoms with van der Waals surface area (Å²) in [6.07, 6.45) is 2.87. The third-order valence-corrected chi connectivity index (χ3v) is 4.65. The van der Waals surface area contributed by atoms with Crippen molar-refractivity contribution in [3.8, 4) is 17.2 Å². The summed E-state index contributed by atoms with van der Waals surface area (Å²) in [5.74, 6) is 2.41. The predicted octanol–water partition coefficient (Wildman–Crippen LogP) is 1.79. The summed E-state index contributed by atoms with van der Waals surface area (Å²) in [5, 5.41) is 9.29. The van der Waals surface area contributed by atoms with Gasteiger partial charge in [0.15, 0.2) is 17.2 Å². The van der Waals surface area contributed by atoms with Crippen LogP contribution in [0.25, 0.3) is 0 Å². The van der Waals surface area contributed by atoms with E-state index in [-0.39, 0.29) is 5.75 Å². The molecule has 0 aliphatic carbocycles. The van der Waals surface area contributed by atoms with Gasteiger partial charge in [-0.1, -0.05) is 6.07 Å². The highest BCUT2D eigenvalue weighted by Crippen LogP contribution is 2.35. The lowest BCUT2D eigenvalue weighted by atomic mass is 10.1. The van der Waals surface area contributed by atoms with E-state index in [1.54, 1.807) is 0 Å². The van der Waals surface area contributed by atoms with Crippen LogP contribution in [0.5, 0.6) is 17.2 Å². The lowest BCUT2D eigenvalue weighted by Gasteiger charge is -2.38. The molecule has 1 aromatic heterocycles. The zero-order valence-electron chi connectivity index (χ0n) is 13.6. The highest BCUT2D eigenvalue weighted by molar-refractivity contribution is 5.45. The quantitative estimate of drug-likeness (QED) is 0.921. The molecule has 1 saturated heterocycles. The van der Waals surface area contributed by atoms with Crippen LogP contribution >= 0.6 is 0 Å². The molecule has 0 radical (unpaired) electrons. The number of aromatic nitrogens is 2. The van der Waals surface area contributed by atoms with Gasteiger partial charge in [-0.3, -0.25) is 4.90 Å². The van der Waals surface area contributed by atoms with E-state index in [2.05, 4.69) is 38.8 Å². The fourth-order valence-electron chi connectivity index (χ4n) is 3.17. The topological polar surface area (TPSA) is 71.0 Å². The van der Waals surface area contributed by atoms with Crippen LogP contribution in [-0.4, -0.2) is 52.9 Å². The number of fused-ring (bicyclic) bond motifs is 1. The van der Waals surface area contributed by atoms with Crippen molar-refractivity contribution in [2.24, 2.45) is 0 Å². The fourth-order valence-corrected chi connectivity index (χ4v) is 3.17. The number of rotatable bonds is 3. The van der Waals surface area contributed by atoms with E-state index in [0.29, 0.717) is 18.8 Å². The Morgan fingerprint density at radius 1 is 1.04 bits per heavy atom. The van der Waals surface area contributed by atoms with Crippen LogP contribution in [0.2, 0.25) is 0 Å². The van der Waals surface area contributed by atoms with E-state index in [4.69, 9.17) is 9.47 Å². The molecule has 4 rings (SSSR count). The minimum Gasteiger partial charge on any atom is -0.505 e. The van der Waals surface area contributed by atoms with E-state index in [1.807, 2.05) is 6.07 Å². The molecular formula is C17H20N4O3. The van der Waals surface area contributed by atoms with Gasteiger partial charge in [-0.2, -0.15) is 0 Å². The Bertz CT molecular complexity index is 714. The summed E-state index contributed by atoms with van der Waals surface area (Å²) in [5.41, 5.74) is 1.23. The Hall–Kier alpha value is -2.54. The minimum absolute atomic E-state index is 0.0915. The summed E-state index contributed by atoms with van der Waals surface area (Å²) in [6, 6.07) is 6.47. The first kappa shape index (κ1) is 15.0. The number of hydrogen-bond acceptors (Lipinski definition) is 7. The molecule has 1 N–H and O–H groups in total. The van der Waals surface area contributed by atoms with Crippen molar-refractivity contribution < 1.29 is 14.6 Å². The van der Waals surface area contributed by atoms with Crippen molar-refractivity contribution in [3.63, 3.8) is 0 Å². The largest absolute Gasteiger partial charge is 0.505 e. The van der Waals surface area contributed by atoms with Crippen LogP contribution in [0.15, 0.2) is 30.6 Å². The highest BCUT2D eigenvalue weighted by Gasteiger charge is 2.24. The molecule has 3 heterocycles. The Balaban J connectivity index is 1.41. The van der Waals surface area contributed by atoms with Gasteiger partial charge in [-0.05, 0) is 24.6 Å². The second-order valence-electron chi connectivity index (χ2n) is 6.05. The molecule has 0 spiro atoms. The van der Waals surface area contributed by atoms with Gasteiger partial charge in [0, 0.05) is 32.2 Å². The maximum absolute atomic E-state index is 9.29. The van der Waals surface area contributed by atoms with Gasteiger partial charge in [0.1, 0.15) is 0 Å². The van der Waals surface area contributed by atoms with E-state index >= 15 is 0 Å². The van der Waals surface area contributed by atoms with Gasteiger partial charge in [0.25, 0.3) is 0 Å². The van der Waals surface area contributed by atoms with Crippen molar-refractivity contribution >= 4 is 5.95 Å². The normalized spacial score (nSPS) is 18.6. The third-order valence-electron chi connectivity index (χ3n) is 4.65. The van der Waals surface area contributed by atoms with Crippen LogP contribution < -0.4 is 14.4 Å². The minimum atomic E-state index is 0.0915. The number of piperazine rings is 1. The first-order valence-electron chi connectivity index (χ1n) is 8.10. The van der Waals surface area contributed by atoms with E-state index in [9.17, 15) is 5.11 Å². The molecule has 24 heavy (non-hydrogen) atoms. The molecule has 0 saturated carbocycles. The first-order valence-corrected chi connectivity index (χ1v) is 8.10. The van der Waals surface area contributed by atoms with Crippen molar-refractivity contribution in [1.29, 1.82) is 0 Å². The maximum atomic E-state index is 9.29. The van der Waals surface area contributed by atoms with Gasteiger partial charge in [-0.15, -0.1) is 0 Å². The van der Waals surface area contributed by atoms with E-state index in [1.165, 1.54) is 18.0 Å². The Labute approximate surface area is 140 Å². The Morgan fingerprint density at radius 3 is 2.50 bits per heavy atom.